The van der Waals surface area contributed by atoms with Crippen LogP contribution in [0.15, 0.2) is 12.4 Å². The molecular weight excluding hydrogens is 224 g/mol. The van der Waals surface area contributed by atoms with Crippen LogP contribution in [0.2, 0.25) is 0 Å². The Morgan fingerprint density at radius 1 is 1.75 bits per heavy atom. The van der Waals surface area contributed by atoms with Crippen LogP contribution in [0.25, 0.3) is 0 Å². The van der Waals surface area contributed by atoms with Gasteiger partial charge in [-0.15, -0.1) is 0 Å². The highest BCUT2D eigenvalue weighted by atomic mass is 32.2. The van der Waals surface area contributed by atoms with E-state index in [9.17, 15) is 4.79 Å². The number of nitrogens with zero attached hydrogens (tertiary/aromatic N) is 3. The molecule has 0 spiro atoms. The molecule has 1 fully saturated rings. The molecule has 1 amide bonds. The van der Waals surface area contributed by atoms with E-state index in [0.29, 0.717) is 10.9 Å². The molecule has 88 valence electrons. The number of carbonyl (C=O) groups is 1. The van der Waals surface area contributed by atoms with Gasteiger partial charge in [-0.1, -0.05) is 6.92 Å². The van der Waals surface area contributed by atoms with Gasteiger partial charge in [0.15, 0.2) is 0 Å². The van der Waals surface area contributed by atoms with Gasteiger partial charge in [0.25, 0.3) is 0 Å². The molecule has 5 nitrogen and oxygen atoms in total. The van der Waals surface area contributed by atoms with Gasteiger partial charge in [0.2, 0.25) is 5.91 Å². The molecule has 0 radical (unpaired) electrons. The van der Waals surface area contributed by atoms with Crippen molar-refractivity contribution in [1.82, 2.24) is 14.7 Å². The minimum atomic E-state index is 0.121. The van der Waals surface area contributed by atoms with Crippen LogP contribution in [0, 0.1) is 0 Å². The van der Waals surface area contributed by atoms with Gasteiger partial charge in [-0.25, -0.2) is 0 Å². The summed E-state index contributed by atoms with van der Waals surface area (Å²) >= 11 is 1.91. The van der Waals surface area contributed by atoms with E-state index < -0.39 is 0 Å². The maximum Gasteiger partial charge on any atom is 0.244 e. The number of hydrogen-bond acceptors (Lipinski definition) is 4. The van der Waals surface area contributed by atoms with E-state index in [2.05, 4.69) is 12.0 Å². The molecule has 2 rings (SSSR count). The van der Waals surface area contributed by atoms with E-state index in [0.717, 1.165) is 18.8 Å². The normalized spacial score (nSPS) is 21.1. The van der Waals surface area contributed by atoms with E-state index in [1.54, 1.807) is 17.1 Å². The molecule has 16 heavy (non-hydrogen) atoms. The van der Waals surface area contributed by atoms with Gasteiger partial charge in [-0.3, -0.25) is 9.48 Å². The summed E-state index contributed by atoms with van der Waals surface area (Å²) in [6.07, 6.45) is 3.24. The first-order valence-electron chi connectivity index (χ1n) is 5.32. The van der Waals surface area contributed by atoms with Gasteiger partial charge in [-0.2, -0.15) is 16.9 Å². The number of aromatic nitrogens is 2. The van der Waals surface area contributed by atoms with Gasteiger partial charge in [0.05, 0.1) is 11.9 Å². The summed E-state index contributed by atoms with van der Waals surface area (Å²) in [7, 11) is 0. The second-order valence-electron chi connectivity index (χ2n) is 3.99. The molecule has 0 aromatic carbocycles. The zero-order valence-corrected chi connectivity index (χ0v) is 10.1. The monoisotopic (exact) mass is 240 g/mol. The standard InChI is InChI=1S/C10H16N4OS/c1-8-5-13(2-3-16-8)10(15)7-14-6-9(11)4-12-14/h4,6,8H,2-3,5,7,11H2,1H3. The van der Waals surface area contributed by atoms with Crippen molar-refractivity contribution in [3.05, 3.63) is 12.4 Å². The first-order valence-corrected chi connectivity index (χ1v) is 6.37. The van der Waals surface area contributed by atoms with Crippen molar-refractivity contribution in [1.29, 1.82) is 0 Å². The van der Waals surface area contributed by atoms with Crippen molar-refractivity contribution in [2.45, 2.75) is 18.7 Å². The Hall–Kier alpha value is -1.17. The topological polar surface area (TPSA) is 64.2 Å². The molecule has 1 aromatic rings. The van der Waals surface area contributed by atoms with Crippen LogP contribution in [0.4, 0.5) is 5.69 Å². The Balaban J connectivity index is 1.92. The van der Waals surface area contributed by atoms with Crippen molar-refractivity contribution in [2.75, 3.05) is 24.6 Å². The fourth-order valence-electron chi connectivity index (χ4n) is 1.75. The third kappa shape index (κ3) is 2.69. The maximum absolute atomic E-state index is 11.9. The summed E-state index contributed by atoms with van der Waals surface area (Å²) in [5, 5.41) is 4.54. The van der Waals surface area contributed by atoms with Crippen LogP contribution >= 0.6 is 11.8 Å². The first kappa shape index (κ1) is 11.3. The van der Waals surface area contributed by atoms with Crippen molar-refractivity contribution in [3.63, 3.8) is 0 Å². The molecule has 1 aliphatic heterocycles. The molecule has 1 unspecified atom stereocenters. The lowest BCUT2D eigenvalue weighted by atomic mass is 10.3. The van der Waals surface area contributed by atoms with Crippen LogP contribution in [0.1, 0.15) is 6.92 Å². The van der Waals surface area contributed by atoms with Crippen LogP contribution < -0.4 is 5.73 Å². The van der Waals surface area contributed by atoms with Crippen molar-refractivity contribution >= 4 is 23.4 Å². The van der Waals surface area contributed by atoms with E-state index in [-0.39, 0.29) is 12.5 Å². The van der Waals surface area contributed by atoms with Crippen LogP contribution in [-0.4, -0.2) is 44.7 Å². The van der Waals surface area contributed by atoms with E-state index in [1.807, 2.05) is 16.7 Å². The molecule has 1 atom stereocenters. The summed E-state index contributed by atoms with van der Waals surface area (Å²) in [6, 6.07) is 0. The lowest BCUT2D eigenvalue weighted by Gasteiger charge is -2.30. The highest BCUT2D eigenvalue weighted by Gasteiger charge is 2.21. The predicted molar refractivity (Wildman–Crippen MR) is 65.1 cm³/mol. The highest BCUT2D eigenvalue weighted by molar-refractivity contribution is 7.99. The molecule has 0 aliphatic carbocycles. The molecule has 1 saturated heterocycles. The Kier molecular flexibility index (Phi) is 3.38. The fraction of sp³-hybridized carbons (Fsp3) is 0.600. The number of thioether (sulfide) groups is 1. The first-order chi connectivity index (χ1) is 7.65. The van der Waals surface area contributed by atoms with E-state index in [4.69, 9.17) is 5.73 Å². The Morgan fingerprint density at radius 3 is 3.19 bits per heavy atom. The molecule has 0 bridgehead atoms. The minimum absolute atomic E-state index is 0.121. The van der Waals surface area contributed by atoms with Gasteiger partial charge >= 0.3 is 0 Å². The Bertz CT molecular complexity index is 379. The molecule has 2 heterocycles. The SMILES string of the molecule is CC1CN(C(=O)Cn2cc(N)cn2)CCS1. The average Bonchev–Trinajstić information content (AvgIpc) is 2.64. The predicted octanol–water partition coefficient (Wildman–Crippen LogP) is 0.429. The second-order valence-corrected chi connectivity index (χ2v) is 5.54. The lowest BCUT2D eigenvalue weighted by molar-refractivity contribution is -0.131. The zero-order valence-electron chi connectivity index (χ0n) is 9.30. The van der Waals surface area contributed by atoms with Gasteiger partial charge in [0, 0.05) is 30.3 Å². The summed E-state index contributed by atoms with van der Waals surface area (Å²) in [6.45, 7) is 4.11. The number of nitrogen functional groups attached to an aromatic ring is 1. The molecule has 0 saturated carbocycles. The van der Waals surface area contributed by atoms with Crippen LogP contribution in [0.3, 0.4) is 0 Å². The van der Waals surface area contributed by atoms with Crippen molar-refractivity contribution in [3.8, 4) is 0 Å². The zero-order chi connectivity index (χ0) is 11.5. The van der Waals surface area contributed by atoms with Crippen molar-refractivity contribution in [2.24, 2.45) is 0 Å². The summed E-state index contributed by atoms with van der Waals surface area (Å²) in [5.41, 5.74) is 6.14. The number of amides is 1. The smallest absolute Gasteiger partial charge is 0.244 e. The summed E-state index contributed by atoms with van der Waals surface area (Å²) < 4.78 is 1.59. The molecule has 1 aromatic heterocycles. The number of hydrogen-bond donors (Lipinski definition) is 1. The number of anilines is 1. The summed E-state index contributed by atoms with van der Waals surface area (Å²) in [5.74, 6) is 1.14. The van der Waals surface area contributed by atoms with Crippen molar-refractivity contribution < 1.29 is 4.79 Å². The average molecular weight is 240 g/mol. The molecular formula is C10H16N4OS. The number of rotatable bonds is 2. The van der Waals surface area contributed by atoms with Gasteiger partial charge in [-0.05, 0) is 0 Å². The lowest BCUT2D eigenvalue weighted by Crippen LogP contribution is -2.42. The third-order valence-electron chi connectivity index (χ3n) is 2.54. The molecule has 2 N–H and O–H groups in total. The second kappa shape index (κ2) is 4.78. The highest BCUT2D eigenvalue weighted by Crippen LogP contribution is 2.17. The largest absolute Gasteiger partial charge is 0.396 e. The van der Waals surface area contributed by atoms with Gasteiger partial charge in [0.1, 0.15) is 6.54 Å². The van der Waals surface area contributed by atoms with Gasteiger partial charge < -0.3 is 10.6 Å². The van der Waals surface area contributed by atoms with E-state index >= 15 is 0 Å². The van der Waals surface area contributed by atoms with Crippen LogP contribution in [0.5, 0.6) is 0 Å². The van der Waals surface area contributed by atoms with E-state index in [1.165, 1.54) is 0 Å². The molecule has 1 aliphatic rings. The molecule has 6 heteroatoms. The number of carbonyl (C=O) groups excluding carboxylic acids is 1. The minimum Gasteiger partial charge on any atom is -0.396 e. The van der Waals surface area contributed by atoms with Crippen LogP contribution in [-0.2, 0) is 11.3 Å². The maximum atomic E-state index is 11.9. The third-order valence-corrected chi connectivity index (χ3v) is 3.68. The summed E-state index contributed by atoms with van der Waals surface area (Å²) in [4.78, 5) is 13.8. The number of nitrogens with two attached hydrogens (primary N) is 1. The quantitative estimate of drug-likeness (QED) is 0.814. The fourth-order valence-corrected chi connectivity index (χ4v) is 2.76. The Labute approximate surface area is 99.0 Å². The Morgan fingerprint density at radius 2 is 2.56 bits per heavy atom.